The second-order valence-electron chi connectivity index (χ2n) is 4.80. The minimum Gasteiger partial charge on any atom is -0.383 e. The molecule has 0 bridgehead atoms. The van der Waals surface area contributed by atoms with Crippen molar-refractivity contribution >= 4 is 46.7 Å². The molecule has 0 amide bonds. The third kappa shape index (κ3) is 4.91. The first-order valence-electron chi connectivity index (χ1n) is 7.10. The molecule has 0 aliphatic carbocycles. The van der Waals surface area contributed by atoms with E-state index in [9.17, 15) is 0 Å². The van der Waals surface area contributed by atoms with Crippen molar-refractivity contribution in [3.05, 3.63) is 45.7 Å². The van der Waals surface area contributed by atoms with Crippen LogP contribution in [-0.4, -0.2) is 41.4 Å². The predicted octanol–water partition coefficient (Wildman–Crippen LogP) is 2.93. The van der Waals surface area contributed by atoms with Crippen LogP contribution in [0.2, 0.25) is 10.2 Å². The number of halogens is 2. The number of hydrogen-bond donors (Lipinski definition) is 2. The molecule has 0 saturated heterocycles. The van der Waals surface area contributed by atoms with Crippen molar-refractivity contribution in [3.63, 3.8) is 0 Å². The molecule has 2 aromatic rings. The van der Waals surface area contributed by atoms with Gasteiger partial charge in [-0.1, -0.05) is 29.3 Å². The topological polar surface area (TPSA) is 63.5 Å². The zero-order valence-corrected chi connectivity index (χ0v) is 15.5. The van der Waals surface area contributed by atoms with Gasteiger partial charge < -0.3 is 10.1 Å². The third-order valence-corrected chi connectivity index (χ3v) is 3.89. The fraction of sp³-hybridized carbons (Fsp3) is 0.267. The molecule has 0 atom stereocenters. The largest absolute Gasteiger partial charge is 0.383 e. The molecule has 0 spiro atoms. The average Bonchev–Trinajstić information content (AvgIpc) is 2.83. The van der Waals surface area contributed by atoms with Crippen molar-refractivity contribution in [2.45, 2.75) is 6.92 Å². The van der Waals surface area contributed by atoms with E-state index in [0.717, 1.165) is 11.4 Å². The molecule has 0 radical (unpaired) electrons. The van der Waals surface area contributed by atoms with Gasteiger partial charge in [-0.3, -0.25) is 5.43 Å². The number of thiocarbonyl (C=S) groups is 1. The van der Waals surface area contributed by atoms with Crippen LogP contribution in [0.3, 0.4) is 0 Å². The predicted molar refractivity (Wildman–Crippen MR) is 102 cm³/mol. The summed E-state index contributed by atoms with van der Waals surface area (Å²) >= 11 is 17.5. The highest BCUT2D eigenvalue weighted by atomic mass is 35.5. The monoisotopic (exact) mass is 385 g/mol. The van der Waals surface area contributed by atoms with Crippen molar-refractivity contribution in [2.24, 2.45) is 5.10 Å². The van der Waals surface area contributed by atoms with Gasteiger partial charge in [0.25, 0.3) is 0 Å². The lowest BCUT2D eigenvalue weighted by molar-refractivity contribution is 0.204. The Labute approximate surface area is 155 Å². The normalized spacial score (nSPS) is 11.0. The SMILES string of the molecule is COCCNC(=S)N/N=C/c1c(C)nn(-c2cccc(Cl)c2)c1Cl. The molecule has 128 valence electrons. The first kappa shape index (κ1) is 18.7. The van der Waals surface area contributed by atoms with Crippen molar-refractivity contribution < 1.29 is 4.74 Å². The van der Waals surface area contributed by atoms with Gasteiger partial charge in [-0.25, -0.2) is 4.68 Å². The van der Waals surface area contributed by atoms with Gasteiger partial charge in [-0.05, 0) is 37.3 Å². The van der Waals surface area contributed by atoms with Crippen LogP contribution in [0, 0.1) is 6.92 Å². The summed E-state index contributed by atoms with van der Waals surface area (Å²) < 4.78 is 6.53. The Hall–Kier alpha value is -1.67. The molecule has 0 saturated carbocycles. The molecule has 6 nitrogen and oxygen atoms in total. The average molecular weight is 386 g/mol. The first-order valence-corrected chi connectivity index (χ1v) is 8.26. The summed E-state index contributed by atoms with van der Waals surface area (Å²) in [6, 6.07) is 7.29. The highest BCUT2D eigenvalue weighted by molar-refractivity contribution is 7.80. The van der Waals surface area contributed by atoms with E-state index in [1.165, 1.54) is 0 Å². The second-order valence-corrected chi connectivity index (χ2v) is 6.00. The summed E-state index contributed by atoms with van der Waals surface area (Å²) in [6.45, 7) is 3.01. The van der Waals surface area contributed by atoms with Gasteiger partial charge in [0.05, 0.1) is 29.8 Å². The molecule has 1 aromatic carbocycles. The Kier molecular flexibility index (Phi) is 6.99. The lowest BCUT2D eigenvalue weighted by Gasteiger charge is -2.05. The number of aryl methyl sites for hydroxylation is 1. The Morgan fingerprint density at radius 2 is 2.25 bits per heavy atom. The van der Waals surface area contributed by atoms with Crippen LogP contribution in [-0.2, 0) is 4.74 Å². The maximum Gasteiger partial charge on any atom is 0.187 e. The van der Waals surface area contributed by atoms with Crippen LogP contribution >= 0.6 is 35.4 Å². The van der Waals surface area contributed by atoms with Crippen molar-refractivity contribution in [1.82, 2.24) is 20.5 Å². The van der Waals surface area contributed by atoms with E-state index in [-0.39, 0.29) is 0 Å². The number of nitrogens with zero attached hydrogens (tertiary/aromatic N) is 3. The van der Waals surface area contributed by atoms with E-state index >= 15 is 0 Å². The summed E-state index contributed by atoms with van der Waals surface area (Å²) in [6.07, 6.45) is 1.58. The summed E-state index contributed by atoms with van der Waals surface area (Å²) in [7, 11) is 1.62. The Bertz CT molecular complexity index is 747. The second kappa shape index (κ2) is 8.98. The number of hydrazone groups is 1. The number of nitrogens with one attached hydrogen (secondary N) is 2. The molecule has 2 rings (SSSR count). The summed E-state index contributed by atoms with van der Waals surface area (Å²) in [5.74, 6) is 0. The van der Waals surface area contributed by atoms with Crippen LogP contribution in [0.1, 0.15) is 11.3 Å². The number of rotatable bonds is 6. The summed E-state index contributed by atoms with van der Waals surface area (Å²) in [5, 5.41) is 12.9. The van der Waals surface area contributed by atoms with Gasteiger partial charge in [-0.15, -0.1) is 0 Å². The van der Waals surface area contributed by atoms with Gasteiger partial charge in [0.15, 0.2) is 5.11 Å². The highest BCUT2D eigenvalue weighted by Gasteiger charge is 2.13. The Morgan fingerprint density at radius 3 is 2.96 bits per heavy atom. The van der Waals surface area contributed by atoms with Gasteiger partial charge in [0.2, 0.25) is 0 Å². The zero-order chi connectivity index (χ0) is 17.5. The van der Waals surface area contributed by atoms with E-state index in [2.05, 4.69) is 20.9 Å². The lowest BCUT2D eigenvalue weighted by atomic mass is 10.3. The van der Waals surface area contributed by atoms with Crippen molar-refractivity contribution in [2.75, 3.05) is 20.3 Å². The number of hydrogen-bond acceptors (Lipinski definition) is 4. The van der Waals surface area contributed by atoms with Crippen LogP contribution in [0.25, 0.3) is 5.69 Å². The summed E-state index contributed by atoms with van der Waals surface area (Å²) in [4.78, 5) is 0. The van der Waals surface area contributed by atoms with Gasteiger partial charge >= 0.3 is 0 Å². The summed E-state index contributed by atoms with van der Waals surface area (Å²) in [5.41, 5.74) is 4.94. The molecule has 0 unspecified atom stereocenters. The maximum absolute atomic E-state index is 6.41. The van der Waals surface area contributed by atoms with Crippen LogP contribution < -0.4 is 10.7 Å². The Morgan fingerprint density at radius 1 is 1.46 bits per heavy atom. The molecule has 1 heterocycles. The smallest absolute Gasteiger partial charge is 0.187 e. The van der Waals surface area contributed by atoms with Gasteiger partial charge in [-0.2, -0.15) is 10.2 Å². The van der Waals surface area contributed by atoms with E-state index < -0.39 is 0 Å². The highest BCUT2D eigenvalue weighted by Crippen LogP contribution is 2.23. The lowest BCUT2D eigenvalue weighted by Crippen LogP contribution is -2.34. The fourth-order valence-corrected chi connectivity index (χ4v) is 2.56. The quantitative estimate of drug-likeness (QED) is 0.346. The molecule has 0 aliphatic rings. The number of methoxy groups -OCH3 is 1. The maximum atomic E-state index is 6.41. The minimum atomic E-state index is 0.402. The minimum absolute atomic E-state index is 0.402. The molecule has 24 heavy (non-hydrogen) atoms. The number of ether oxygens (including phenoxy) is 1. The standard InChI is InChI=1S/C15H17Cl2N5OS/c1-10-13(9-19-20-15(24)18-6-7-23-2)14(17)22(21-10)12-5-3-4-11(16)8-12/h3-5,8-9H,6-7H2,1-2H3,(H2,18,20,24)/b19-9+. The molecule has 0 aliphatic heterocycles. The van der Waals surface area contributed by atoms with Gasteiger partial charge in [0.1, 0.15) is 5.15 Å². The molecule has 9 heteroatoms. The van der Waals surface area contributed by atoms with Gasteiger partial charge in [0, 0.05) is 18.7 Å². The molecule has 2 N–H and O–H groups in total. The van der Waals surface area contributed by atoms with E-state index in [1.54, 1.807) is 30.1 Å². The molecule has 0 fully saturated rings. The fourth-order valence-electron chi connectivity index (χ4n) is 1.90. The van der Waals surface area contributed by atoms with Crippen molar-refractivity contribution in [1.29, 1.82) is 0 Å². The molecular formula is C15H17Cl2N5OS. The van der Waals surface area contributed by atoms with E-state index in [4.69, 9.17) is 40.2 Å². The van der Waals surface area contributed by atoms with E-state index in [0.29, 0.717) is 34.0 Å². The zero-order valence-electron chi connectivity index (χ0n) is 13.2. The van der Waals surface area contributed by atoms with Crippen LogP contribution in [0.5, 0.6) is 0 Å². The Balaban J connectivity index is 2.09. The molecule has 1 aromatic heterocycles. The number of benzene rings is 1. The van der Waals surface area contributed by atoms with Crippen molar-refractivity contribution in [3.8, 4) is 5.69 Å². The number of aromatic nitrogens is 2. The van der Waals surface area contributed by atoms with E-state index in [1.807, 2.05) is 19.1 Å². The van der Waals surface area contributed by atoms with Crippen LogP contribution in [0.4, 0.5) is 0 Å². The molecular weight excluding hydrogens is 369 g/mol. The third-order valence-electron chi connectivity index (χ3n) is 3.05. The van der Waals surface area contributed by atoms with Crippen LogP contribution in [0.15, 0.2) is 29.4 Å². The first-order chi connectivity index (χ1) is 11.5.